The van der Waals surface area contributed by atoms with Gasteiger partial charge in [0.15, 0.2) is 0 Å². The van der Waals surface area contributed by atoms with Gasteiger partial charge in [0.1, 0.15) is 11.4 Å². The number of esters is 1. The van der Waals surface area contributed by atoms with Crippen LogP contribution < -0.4 is 0 Å². The number of hydrogen-bond donors (Lipinski definition) is 0. The SMILES string of the molecule is CC(C)(C)OC(=O)CSCc1cccc(F)c1Br. The van der Waals surface area contributed by atoms with Crippen LogP contribution >= 0.6 is 27.7 Å². The van der Waals surface area contributed by atoms with E-state index in [9.17, 15) is 9.18 Å². The summed E-state index contributed by atoms with van der Waals surface area (Å²) in [5.41, 5.74) is 0.375. The van der Waals surface area contributed by atoms with Crippen molar-refractivity contribution in [3.63, 3.8) is 0 Å². The van der Waals surface area contributed by atoms with Gasteiger partial charge in [-0.15, -0.1) is 11.8 Å². The van der Waals surface area contributed by atoms with E-state index in [4.69, 9.17) is 4.74 Å². The molecule has 0 fully saturated rings. The Morgan fingerprint density at radius 1 is 1.44 bits per heavy atom. The number of carbonyl (C=O) groups excluding carboxylic acids is 1. The zero-order valence-electron chi connectivity index (χ0n) is 10.6. The van der Waals surface area contributed by atoms with E-state index < -0.39 is 5.60 Å². The quantitative estimate of drug-likeness (QED) is 0.773. The number of ether oxygens (including phenoxy) is 1. The molecule has 0 radical (unpaired) electrons. The zero-order chi connectivity index (χ0) is 13.8. The van der Waals surface area contributed by atoms with Crippen molar-refractivity contribution >= 4 is 33.7 Å². The van der Waals surface area contributed by atoms with Gasteiger partial charge in [-0.25, -0.2) is 4.39 Å². The summed E-state index contributed by atoms with van der Waals surface area (Å²) in [6.45, 7) is 5.50. The number of rotatable bonds is 4. The molecular weight excluding hydrogens is 319 g/mol. The van der Waals surface area contributed by atoms with Crippen LogP contribution in [0.2, 0.25) is 0 Å². The zero-order valence-corrected chi connectivity index (χ0v) is 13.0. The van der Waals surface area contributed by atoms with Gasteiger partial charge in [0.05, 0.1) is 10.2 Å². The second-order valence-electron chi connectivity index (χ2n) is 4.79. The fourth-order valence-corrected chi connectivity index (χ4v) is 2.65. The Kier molecular flexibility index (Phi) is 5.66. The summed E-state index contributed by atoms with van der Waals surface area (Å²) in [6, 6.07) is 4.88. The maximum absolute atomic E-state index is 13.2. The minimum Gasteiger partial charge on any atom is -0.459 e. The molecule has 0 bridgehead atoms. The molecule has 18 heavy (non-hydrogen) atoms. The average molecular weight is 335 g/mol. The van der Waals surface area contributed by atoms with Crippen molar-refractivity contribution in [3.8, 4) is 0 Å². The van der Waals surface area contributed by atoms with E-state index in [-0.39, 0.29) is 17.5 Å². The highest BCUT2D eigenvalue weighted by molar-refractivity contribution is 9.10. The first-order valence-electron chi connectivity index (χ1n) is 5.52. The van der Waals surface area contributed by atoms with Gasteiger partial charge in [-0.1, -0.05) is 12.1 Å². The first-order valence-corrected chi connectivity index (χ1v) is 7.47. The Bertz CT molecular complexity index is 429. The van der Waals surface area contributed by atoms with Crippen LogP contribution in [0.1, 0.15) is 26.3 Å². The lowest BCUT2D eigenvalue weighted by Gasteiger charge is -2.19. The third kappa shape index (κ3) is 5.40. The van der Waals surface area contributed by atoms with Gasteiger partial charge in [0.25, 0.3) is 0 Å². The number of benzene rings is 1. The number of halogens is 2. The second kappa shape index (κ2) is 6.57. The molecule has 0 N–H and O–H groups in total. The van der Waals surface area contributed by atoms with Gasteiger partial charge in [0.2, 0.25) is 0 Å². The van der Waals surface area contributed by atoms with E-state index in [0.717, 1.165) is 5.56 Å². The van der Waals surface area contributed by atoms with E-state index in [1.165, 1.54) is 17.8 Å². The number of carbonyl (C=O) groups is 1. The van der Waals surface area contributed by atoms with Crippen molar-refractivity contribution < 1.29 is 13.9 Å². The Balaban J connectivity index is 2.43. The minimum absolute atomic E-state index is 0.250. The van der Waals surface area contributed by atoms with Gasteiger partial charge in [-0.2, -0.15) is 0 Å². The molecule has 0 aliphatic carbocycles. The highest BCUT2D eigenvalue weighted by Crippen LogP contribution is 2.24. The van der Waals surface area contributed by atoms with E-state index in [0.29, 0.717) is 10.2 Å². The van der Waals surface area contributed by atoms with Crippen LogP contribution in [0, 0.1) is 5.82 Å². The largest absolute Gasteiger partial charge is 0.459 e. The Hall–Kier alpha value is -0.550. The maximum atomic E-state index is 13.2. The molecule has 1 rings (SSSR count). The van der Waals surface area contributed by atoms with Crippen molar-refractivity contribution in [1.82, 2.24) is 0 Å². The van der Waals surface area contributed by atoms with Crippen molar-refractivity contribution in [2.75, 3.05) is 5.75 Å². The Labute approximate surface area is 119 Å². The third-order valence-corrected chi connectivity index (χ3v) is 3.77. The molecule has 2 nitrogen and oxygen atoms in total. The molecular formula is C13H16BrFO2S. The summed E-state index contributed by atoms with van der Waals surface area (Å²) in [7, 11) is 0. The van der Waals surface area contributed by atoms with E-state index in [2.05, 4.69) is 15.9 Å². The summed E-state index contributed by atoms with van der Waals surface area (Å²) < 4.78 is 18.9. The van der Waals surface area contributed by atoms with Crippen molar-refractivity contribution in [3.05, 3.63) is 34.1 Å². The molecule has 0 saturated heterocycles. The van der Waals surface area contributed by atoms with Crippen molar-refractivity contribution in [2.24, 2.45) is 0 Å². The topological polar surface area (TPSA) is 26.3 Å². The molecule has 0 aliphatic heterocycles. The van der Waals surface area contributed by atoms with Crippen LogP contribution in [0.5, 0.6) is 0 Å². The van der Waals surface area contributed by atoms with Crippen LogP contribution in [0.15, 0.2) is 22.7 Å². The average Bonchev–Trinajstić information content (AvgIpc) is 2.21. The molecule has 0 spiro atoms. The van der Waals surface area contributed by atoms with Gasteiger partial charge >= 0.3 is 5.97 Å². The molecule has 0 saturated carbocycles. The van der Waals surface area contributed by atoms with Gasteiger partial charge in [-0.3, -0.25) is 4.79 Å². The first kappa shape index (κ1) is 15.5. The molecule has 0 atom stereocenters. The predicted octanol–water partition coefficient (Wildman–Crippen LogP) is 4.16. The summed E-state index contributed by atoms with van der Waals surface area (Å²) >= 11 is 4.60. The van der Waals surface area contributed by atoms with Crippen molar-refractivity contribution in [1.29, 1.82) is 0 Å². The predicted molar refractivity (Wildman–Crippen MR) is 76.1 cm³/mol. The lowest BCUT2D eigenvalue weighted by Crippen LogP contribution is -2.24. The van der Waals surface area contributed by atoms with Crippen LogP contribution in [0.4, 0.5) is 4.39 Å². The first-order chi connectivity index (χ1) is 8.29. The van der Waals surface area contributed by atoms with E-state index in [1.54, 1.807) is 6.07 Å². The lowest BCUT2D eigenvalue weighted by atomic mass is 10.2. The standard InChI is InChI=1S/C13H16BrFO2S/c1-13(2,3)17-11(16)8-18-7-9-5-4-6-10(15)12(9)14/h4-6H,7-8H2,1-3H3. The monoisotopic (exact) mass is 334 g/mol. The molecule has 1 aromatic rings. The third-order valence-electron chi connectivity index (χ3n) is 1.93. The Morgan fingerprint density at radius 2 is 2.11 bits per heavy atom. The second-order valence-corrected chi connectivity index (χ2v) is 6.57. The van der Waals surface area contributed by atoms with Crippen LogP contribution in [0.25, 0.3) is 0 Å². The van der Waals surface area contributed by atoms with Gasteiger partial charge < -0.3 is 4.74 Å². The van der Waals surface area contributed by atoms with E-state index in [1.807, 2.05) is 26.8 Å². The van der Waals surface area contributed by atoms with Crippen molar-refractivity contribution in [2.45, 2.75) is 32.1 Å². The summed E-state index contributed by atoms with van der Waals surface area (Å²) in [6.07, 6.45) is 0. The highest BCUT2D eigenvalue weighted by atomic mass is 79.9. The van der Waals surface area contributed by atoms with Crippen LogP contribution in [-0.4, -0.2) is 17.3 Å². The molecule has 100 valence electrons. The lowest BCUT2D eigenvalue weighted by molar-refractivity contribution is -0.151. The molecule has 0 unspecified atom stereocenters. The van der Waals surface area contributed by atoms with Gasteiger partial charge in [0, 0.05) is 5.75 Å². The molecule has 0 aliphatic rings. The molecule has 1 aromatic carbocycles. The Morgan fingerprint density at radius 3 is 2.72 bits per heavy atom. The summed E-state index contributed by atoms with van der Waals surface area (Å²) in [5, 5.41) is 0. The smallest absolute Gasteiger partial charge is 0.316 e. The van der Waals surface area contributed by atoms with Crippen LogP contribution in [0.3, 0.4) is 0 Å². The molecule has 0 amide bonds. The maximum Gasteiger partial charge on any atom is 0.316 e. The van der Waals surface area contributed by atoms with Gasteiger partial charge in [-0.05, 0) is 48.3 Å². The number of hydrogen-bond acceptors (Lipinski definition) is 3. The summed E-state index contributed by atoms with van der Waals surface area (Å²) in [4.78, 5) is 11.5. The highest BCUT2D eigenvalue weighted by Gasteiger charge is 2.16. The van der Waals surface area contributed by atoms with E-state index >= 15 is 0 Å². The minimum atomic E-state index is -0.461. The molecule has 0 heterocycles. The van der Waals surface area contributed by atoms with Crippen LogP contribution in [-0.2, 0) is 15.3 Å². The molecule has 5 heteroatoms. The molecule has 0 aromatic heterocycles. The normalized spacial score (nSPS) is 11.4. The number of thioether (sulfide) groups is 1. The fraction of sp³-hybridized carbons (Fsp3) is 0.462. The summed E-state index contributed by atoms with van der Waals surface area (Å²) in [5.74, 6) is 0.294. The fourth-order valence-electron chi connectivity index (χ4n) is 1.28.